The minimum Gasteiger partial charge on any atom is -0.444 e. The van der Waals surface area contributed by atoms with Crippen LogP contribution < -0.4 is 0 Å². The maximum atomic E-state index is 13.1. The van der Waals surface area contributed by atoms with Gasteiger partial charge in [-0.25, -0.2) is 4.79 Å². The van der Waals surface area contributed by atoms with E-state index in [1.54, 1.807) is 12.1 Å². The zero-order valence-corrected chi connectivity index (χ0v) is 20.9. The number of ether oxygens (including phenoxy) is 1. The number of hydrogen-bond acceptors (Lipinski definition) is 4. The lowest BCUT2D eigenvalue weighted by molar-refractivity contribution is -0.385. The zero-order chi connectivity index (χ0) is 23.9. The Bertz CT molecular complexity index is 674. The van der Waals surface area contributed by atoms with E-state index >= 15 is 0 Å². The monoisotopic (exact) mass is 448 g/mol. The van der Waals surface area contributed by atoms with Crippen molar-refractivity contribution in [1.29, 1.82) is 0 Å². The summed E-state index contributed by atoms with van der Waals surface area (Å²) in [5, 5.41) is 11.5. The van der Waals surface area contributed by atoms with Crippen molar-refractivity contribution in [3.05, 3.63) is 39.4 Å². The first kappa shape index (κ1) is 27.9. The van der Waals surface area contributed by atoms with Crippen molar-refractivity contribution >= 4 is 11.8 Å². The van der Waals surface area contributed by atoms with Gasteiger partial charge in [0.1, 0.15) is 6.61 Å². The van der Waals surface area contributed by atoms with Gasteiger partial charge in [0.2, 0.25) is 0 Å². The molecule has 0 aliphatic rings. The third-order valence-corrected chi connectivity index (χ3v) is 6.41. The summed E-state index contributed by atoms with van der Waals surface area (Å²) in [4.78, 5) is 26.1. The smallest absolute Gasteiger partial charge is 0.410 e. The van der Waals surface area contributed by atoms with Crippen LogP contribution in [0, 0.1) is 22.0 Å². The molecule has 182 valence electrons. The van der Waals surface area contributed by atoms with E-state index < -0.39 is 4.92 Å². The SMILES string of the molecule is CCCCC(CC)CN(CC(CC)CCCC)C(=O)OCc1ccc(CC)cc1[N+](=O)[O-]. The molecule has 0 aliphatic heterocycles. The van der Waals surface area contributed by atoms with Gasteiger partial charge in [0.05, 0.1) is 10.5 Å². The van der Waals surface area contributed by atoms with Crippen LogP contribution in [0.25, 0.3) is 0 Å². The Kier molecular flexibility index (Phi) is 13.7. The standard InChI is InChI=1S/C26H44N2O4/c1-6-11-13-22(9-4)18-27(19-23(10-5)14-12-7-2)26(29)32-20-24-16-15-21(8-3)17-25(24)28(30)31/h15-17,22-23H,6-14,18-20H2,1-5H3. The lowest BCUT2D eigenvalue weighted by Crippen LogP contribution is -2.39. The summed E-state index contributed by atoms with van der Waals surface area (Å²) in [5.74, 6) is 0.897. The molecular formula is C26H44N2O4. The molecule has 1 rings (SSSR count). The largest absolute Gasteiger partial charge is 0.444 e. The topological polar surface area (TPSA) is 72.7 Å². The van der Waals surface area contributed by atoms with Gasteiger partial charge < -0.3 is 9.64 Å². The summed E-state index contributed by atoms with van der Waals surface area (Å²) in [5.41, 5.74) is 1.36. The highest BCUT2D eigenvalue weighted by Crippen LogP contribution is 2.23. The van der Waals surface area contributed by atoms with Gasteiger partial charge in [-0.1, -0.05) is 79.2 Å². The van der Waals surface area contributed by atoms with Crippen LogP contribution in [0.3, 0.4) is 0 Å². The molecule has 1 aromatic carbocycles. The Hall–Kier alpha value is -2.11. The molecule has 32 heavy (non-hydrogen) atoms. The van der Waals surface area contributed by atoms with E-state index in [1.165, 1.54) is 0 Å². The van der Waals surface area contributed by atoms with Gasteiger partial charge in [0.25, 0.3) is 5.69 Å². The van der Waals surface area contributed by atoms with Gasteiger partial charge in [-0.2, -0.15) is 0 Å². The highest BCUT2D eigenvalue weighted by atomic mass is 16.6. The molecule has 0 spiro atoms. The number of rotatable bonds is 16. The second-order valence-corrected chi connectivity index (χ2v) is 8.87. The number of unbranched alkanes of at least 4 members (excludes halogenated alkanes) is 2. The van der Waals surface area contributed by atoms with E-state index in [0.29, 0.717) is 30.5 Å². The first-order chi connectivity index (χ1) is 15.4. The summed E-state index contributed by atoms with van der Waals surface area (Å²) in [7, 11) is 0. The molecule has 0 heterocycles. The lowest BCUT2D eigenvalue weighted by atomic mass is 9.96. The third kappa shape index (κ3) is 9.58. The Morgan fingerprint density at radius 2 is 1.56 bits per heavy atom. The van der Waals surface area contributed by atoms with Crippen molar-refractivity contribution < 1.29 is 14.5 Å². The van der Waals surface area contributed by atoms with Crippen LogP contribution in [0.4, 0.5) is 10.5 Å². The van der Waals surface area contributed by atoms with E-state index in [9.17, 15) is 14.9 Å². The molecule has 0 fully saturated rings. The van der Waals surface area contributed by atoms with Crippen molar-refractivity contribution in [2.75, 3.05) is 13.1 Å². The summed E-state index contributed by atoms with van der Waals surface area (Å²) < 4.78 is 5.64. The minimum absolute atomic E-state index is 0.0208. The maximum Gasteiger partial charge on any atom is 0.410 e. The molecule has 1 amide bonds. The van der Waals surface area contributed by atoms with Crippen LogP contribution in [-0.2, 0) is 17.8 Å². The van der Waals surface area contributed by atoms with Crippen LogP contribution in [0.5, 0.6) is 0 Å². The lowest BCUT2D eigenvalue weighted by Gasteiger charge is -2.30. The van der Waals surface area contributed by atoms with Gasteiger partial charge in [0.15, 0.2) is 0 Å². The average molecular weight is 449 g/mol. The Balaban J connectivity index is 2.95. The van der Waals surface area contributed by atoms with Crippen LogP contribution in [0.1, 0.15) is 97.1 Å². The van der Waals surface area contributed by atoms with Crippen molar-refractivity contribution in [1.82, 2.24) is 4.90 Å². The average Bonchev–Trinajstić information content (AvgIpc) is 2.81. The summed E-state index contributed by atoms with van der Waals surface area (Å²) in [6.07, 6.45) is 9.23. The quantitative estimate of drug-likeness (QED) is 0.193. The first-order valence-electron chi connectivity index (χ1n) is 12.6. The predicted molar refractivity (Wildman–Crippen MR) is 131 cm³/mol. The summed E-state index contributed by atoms with van der Waals surface area (Å²) in [6.45, 7) is 12.0. The van der Waals surface area contributed by atoms with E-state index in [2.05, 4.69) is 27.7 Å². The van der Waals surface area contributed by atoms with E-state index in [1.807, 2.05) is 17.9 Å². The number of nitrogens with zero attached hydrogens (tertiary/aromatic N) is 2. The number of nitro groups is 1. The van der Waals surface area contributed by atoms with Gasteiger partial charge in [0, 0.05) is 19.2 Å². The van der Waals surface area contributed by atoms with Gasteiger partial charge in [-0.05, 0) is 42.7 Å². The van der Waals surface area contributed by atoms with Gasteiger partial charge in [-0.15, -0.1) is 0 Å². The number of nitro benzene ring substituents is 1. The zero-order valence-electron chi connectivity index (χ0n) is 20.9. The molecule has 2 atom stereocenters. The molecule has 1 aromatic rings. The molecule has 0 radical (unpaired) electrons. The molecule has 0 aromatic heterocycles. The molecule has 6 nitrogen and oxygen atoms in total. The van der Waals surface area contributed by atoms with Gasteiger partial charge >= 0.3 is 6.09 Å². The molecular weight excluding hydrogens is 404 g/mol. The Morgan fingerprint density at radius 3 is 2.00 bits per heavy atom. The van der Waals surface area contributed by atoms with Crippen LogP contribution >= 0.6 is 0 Å². The second-order valence-electron chi connectivity index (χ2n) is 8.87. The fourth-order valence-electron chi connectivity index (χ4n) is 4.03. The highest BCUT2D eigenvalue weighted by molar-refractivity contribution is 5.67. The molecule has 0 aliphatic carbocycles. The van der Waals surface area contributed by atoms with E-state index in [4.69, 9.17) is 4.74 Å². The van der Waals surface area contributed by atoms with Crippen molar-refractivity contribution in [2.45, 2.75) is 99.0 Å². The number of carbonyl (C=O) groups excluding carboxylic acids is 1. The van der Waals surface area contributed by atoms with Crippen LogP contribution in [-0.4, -0.2) is 29.0 Å². The minimum atomic E-state index is -0.393. The molecule has 0 bridgehead atoms. The second kappa shape index (κ2) is 15.7. The fraction of sp³-hybridized carbons (Fsp3) is 0.731. The third-order valence-electron chi connectivity index (χ3n) is 6.41. The molecule has 2 unspecified atom stereocenters. The predicted octanol–water partition coefficient (Wildman–Crippen LogP) is 7.53. The van der Waals surface area contributed by atoms with Crippen molar-refractivity contribution in [3.8, 4) is 0 Å². The fourth-order valence-corrected chi connectivity index (χ4v) is 4.03. The van der Waals surface area contributed by atoms with E-state index in [0.717, 1.165) is 63.4 Å². The number of benzene rings is 1. The number of hydrogen-bond donors (Lipinski definition) is 0. The number of aryl methyl sites for hydroxylation is 1. The normalized spacial score (nSPS) is 12.9. The first-order valence-corrected chi connectivity index (χ1v) is 12.6. The van der Waals surface area contributed by atoms with E-state index in [-0.39, 0.29) is 18.4 Å². The van der Waals surface area contributed by atoms with Crippen molar-refractivity contribution in [3.63, 3.8) is 0 Å². The highest BCUT2D eigenvalue weighted by Gasteiger charge is 2.24. The Morgan fingerprint density at radius 1 is 1.00 bits per heavy atom. The number of carbonyl (C=O) groups is 1. The number of amides is 1. The molecule has 0 N–H and O–H groups in total. The Labute approximate surface area is 194 Å². The molecule has 0 saturated carbocycles. The molecule has 6 heteroatoms. The van der Waals surface area contributed by atoms with Crippen molar-refractivity contribution in [2.24, 2.45) is 11.8 Å². The van der Waals surface area contributed by atoms with Crippen LogP contribution in [0.2, 0.25) is 0 Å². The summed E-state index contributed by atoms with van der Waals surface area (Å²) >= 11 is 0. The van der Waals surface area contributed by atoms with Gasteiger partial charge in [-0.3, -0.25) is 10.1 Å². The maximum absolute atomic E-state index is 13.1. The summed E-state index contributed by atoms with van der Waals surface area (Å²) in [6, 6.07) is 5.15. The molecule has 0 saturated heterocycles. The van der Waals surface area contributed by atoms with Crippen LogP contribution in [0.15, 0.2) is 18.2 Å².